The molecule has 3 aromatic rings. The van der Waals surface area contributed by atoms with E-state index in [0.717, 1.165) is 21.9 Å². The molecule has 94 valence electrons. The van der Waals surface area contributed by atoms with E-state index in [1.54, 1.807) is 0 Å². The number of aromatic nitrogens is 3. The Morgan fingerprint density at radius 1 is 1.33 bits per heavy atom. The lowest BCUT2D eigenvalue weighted by atomic mass is 10.2. The summed E-state index contributed by atoms with van der Waals surface area (Å²) in [7, 11) is -3.92. The fourth-order valence-corrected chi connectivity index (χ4v) is 1.59. The highest BCUT2D eigenvalue weighted by Gasteiger charge is 2.06. The first kappa shape index (κ1) is 12.5. The molecule has 6 nitrogen and oxygen atoms in total. The lowest BCUT2D eigenvalue weighted by Crippen LogP contribution is -1.95. The van der Waals surface area contributed by atoms with Crippen LogP contribution in [-0.4, -0.2) is 29.2 Å². The van der Waals surface area contributed by atoms with Gasteiger partial charge >= 0.3 is 0 Å². The van der Waals surface area contributed by atoms with Gasteiger partial charge in [-0.15, -0.1) is 0 Å². The van der Waals surface area contributed by atoms with E-state index < -0.39 is 10.1 Å². The van der Waals surface area contributed by atoms with Gasteiger partial charge in [-0.25, -0.2) is 18.4 Å². The van der Waals surface area contributed by atoms with Gasteiger partial charge in [-0.1, -0.05) is 12.1 Å². The van der Waals surface area contributed by atoms with Gasteiger partial charge in [0.1, 0.15) is 0 Å². The molecule has 18 heavy (non-hydrogen) atoms. The summed E-state index contributed by atoms with van der Waals surface area (Å²) < 4.78 is 27.2. The number of hydrogen-bond donors (Lipinski definition) is 1. The van der Waals surface area contributed by atoms with Crippen molar-refractivity contribution in [2.75, 3.05) is 6.26 Å². The van der Waals surface area contributed by atoms with E-state index in [2.05, 4.69) is 21.0 Å². The highest BCUT2D eigenvalue weighted by Crippen LogP contribution is 2.17. The predicted molar refractivity (Wildman–Crippen MR) is 65.8 cm³/mol. The quantitative estimate of drug-likeness (QED) is 0.604. The molecular weight excluding hydrogens is 254 g/mol. The second-order valence-corrected chi connectivity index (χ2v) is 5.11. The van der Waals surface area contributed by atoms with E-state index in [0.29, 0.717) is 6.26 Å². The molecule has 0 amide bonds. The second-order valence-electron chi connectivity index (χ2n) is 3.70. The standard InChI is InChI=1S/C10H7N3.CH4O3S/c1-2-4-8-7(3-1)10-9(5-11-8)12-6-13-10;1-5(2,3)4/h1-6H,(H,12,13);1H3,(H,2,3,4). The number of hydrogen-bond acceptors (Lipinski definition) is 4. The van der Waals surface area contributed by atoms with Crippen LogP contribution in [-0.2, 0) is 10.1 Å². The molecule has 0 aliphatic carbocycles. The van der Waals surface area contributed by atoms with Crippen molar-refractivity contribution in [3.8, 4) is 0 Å². The molecule has 2 N–H and O–H groups in total. The zero-order valence-corrected chi connectivity index (χ0v) is 10.4. The number of nitrogens with zero attached hydrogens (tertiary/aromatic N) is 1. The highest BCUT2D eigenvalue weighted by atomic mass is 32.2. The van der Waals surface area contributed by atoms with Gasteiger partial charge in [0.15, 0.2) is 11.0 Å². The van der Waals surface area contributed by atoms with E-state index in [1.807, 2.05) is 30.7 Å². The van der Waals surface area contributed by atoms with E-state index >= 15 is 0 Å². The van der Waals surface area contributed by atoms with Crippen LogP contribution in [0.15, 0.2) is 36.8 Å². The van der Waals surface area contributed by atoms with Gasteiger partial charge in [-0.05, 0) is 12.1 Å². The molecule has 0 fully saturated rings. The molecule has 2 aromatic heterocycles. The van der Waals surface area contributed by atoms with Crippen LogP contribution >= 0.6 is 0 Å². The molecule has 0 bridgehead atoms. The summed E-state index contributed by atoms with van der Waals surface area (Å²) in [5.41, 5.74) is 3.18. The zero-order valence-electron chi connectivity index (χ0n) is 9.54. The van der Waals surface area contributed by atoms with Crippen LogP contribution in [0.25, 0.3) is 21.9 Å². The van der Waals surface area contributed by atoms with Gasteiger partial charge in [-0.3, -0.25) is 4.98 Å². The Labute approximate surface area is 103 Å². The fraction of sp³-hybridized carbons (Fsp3) is 0.0909. The summed E-state index contributed by atoms with van der Waals surface area (Å²) in [5.74, 6) is 0. The minimum absolute atomic E-state index is 0.604. The third-order valence-electron chi connectivity index (χ3n) is 2.22. The maximum Gasteiger partial charge on any atom is 0.240 e. The number of para-hydroxylation sites is 1. The lowest BCUT2D eigenvalue weighted by Gasteiger charge is -1.92. The van der Waals surface area contributed by atoms with Crippen molar-refractivity contribution in [1.82, 2.24) is 9.97 Å². The maximum atomic E-state index is 9.08. The first-order valence-corrected chi connectivity index (χ1v) is 6.90. The smallest absolute Gasteiger partial charge is 0.240 e. The van der Waals surface area contributed by atoms with Gasteiger partial charge in [0.2, 0.25) is 6.33 Å². The monoisotopic (exact) mass is 265 g/mol. The normalized spacial score (nSPS) is 11.2. The van der Waals surface area contributed by atoms with Crippen LogP contribution in [0.1, 0.15) is 0 Å². The van der Waals surface area contributed by atoms with Gasteiger partial charge in [0.05, 0.1) is 27.2 Å². The largest absolute Gasteiger partial charge is 0.748 e. The number of imidazole rings is 1. The molecule has 0 unspecified atom stereocenters. The molecule has 2 heterocycles. The molecular formula is C11H11N3O3S. The van der Waals surface area contributed by atoms with Crippen molar-refractivity contribution >= 4 is 32.1 Å². The molecule has 0 saturated carbocycles. The minimum atomic E-state index is -3.92. The Morgan fingerprint density at radius 2 is 2.00 bits per heavy atom. The number of fused-ring (bicyclic) bond motifs is 3. The molecule has 0 radical (unpaired) electrons. The van der Waals surface area contributed by atoms with Crippen LogP contribution in [0.2, 0.25) is 0 Å². The van der Waals surface area contributed by atoms with Crippen LogP contribution < -0.4 is 4.98 Å². The van der Waals surface area contributed by atoms with Crippen LogP contribution in [0.3, 0.4) is 0 Å². The molecule has 1 aromatic carbocycles. The van der Waals surface area contributed by atoms with E-state index in [9.17, 15) is 0 Å². The number of pyridine rings is 1. The fourth-order valence-electron chi connectivity index (χ4n) is 1.59. The second kappa shape index (κ2) is 4.71. The van der Waals surface area contributed by atoms with Gasteiger partial charge in [0.25, 0.3) is 0 Å². The molecule has 3 rings (SSSR count). The summed E-state index contributed by atoms with van der Waals surface area (Å²) in [6, 6.07) is 8.09. The molecule has 0 aliphatic rings. The third kappa shape index (κ3) is 3.02. The Morgan fingerprint density at radius 3 is 2.72 bits per heavy atom. The summed E-state index contributed by atoms with van der Waals surface area (Å²) >= 11 is 0. The highest BCUT2D eigenvalue weighted by molar-refractivity contribution is 7.84. The van der Waals surface area contributed by atoms with E-state index in [4.69, 9.17) is 13.0 Å². The van der Waals surface area contributed by atoms with Gasteiger partial charge in [0, 0.05) is 6.26 Å². The topological polar surface area (TPSA) is 100 Å². The lowest BCUT2D eigenvalue weighted by molar-refractivity contribution is -0.343. The molecule has 0 saturated heterocycles. The number of benzene rings is 1. The number of H-pyrrole nitrogens is 2. The zero-order chi connectivity index (χ0) is 13.2. The summed E-state index contributed by atoms with van der Waals surface area (Å²) in [6.07, 6.45) is 4.26. The van der Waals surface area contributed by atoms with Crippen molar-refractivity contribution in [2.24, 2.45) is 0 Å². The van der Waals surface area contributed by atoms with Crippen molar-refractivity contribution in [2.45, 2.75) is 0 Å². The van der Waals surface area contributed by atoms with Gasteiger partial charge in [-0.2, -0.15) is 0 Å². The average Bonchev–Trinajstić information content (AvgIpc) is 2.75. The summed E-state index contributed by atoms with van der Waals surface area (Å²) in [5, 5.41) is 1.15. The van der Waals surface area contributed by atoms with Gasteiger partial charge < -0.3 is 4.55 Å². The average molecular weight is 265 g/mol. The van der Waals surface area contributed by atoms with Crippen molar-refractivity contribution in [3.63, 3.8) is 0 Å². The van der Waals surface area contributed by atoms with Crippen molar-refractivity contribution in [1.29, 1.82) is 0 Å². The summed E-state index contributed by atoms with van der Waals surface area (Å²) in [6.45, 7) is 0. The Kier molecular flexibility index (Phi) is 3.26. The Balaban J connectivity index is 0.000000209. The van der Waals surface area contributed by atoms with E-state index in [1.165, 1.54) is 0 Å². The van der Waals surface area contributed by atoms with Crippen LogP contribution in [0.5, 0.6) is 0 Å². The summed E-state index contributed by atoms with van der Waals surface area (Å²) in [4.78, 5) is 10.6. The van der Waals surface area contributed by atoms with E-state index in [-0.39, 0.29) is 0 Å². The molecule has 0 aliphatic heterocycles. The van der Waals surface area contributed by atoms with Crippen LogP contribution in [0.4, 0.5) is 0 Å². The Bertz CT molecular complexity index is 772. The Hall–Kier alpha value is -1.99. The first-order valence-electron chi connectivity index (χ1n) is 5.08. The first-order chi connectivity index (χ1) is 8.45. The molecule has 7 heteroatoms. The SMILES string of the molecule is CS(=O)(=O)[O-].c1ccc2c(c1)ncc1[nH]c[nH+]c12. The predicted octanol–water partition coefficient (Wildman–Crippen LogP) is 0.692. The maximum absolute atomic E-state index is 9.08. The van der Waals surface area contributed by atoms with Crippen LogP contribution in [0, 0.1) is 0 Å². The van der Waals surface area contributed by atoms with Crippen molar-refractivity contribution < 1.29 is 18.0 Å². The third-order valence-corrected chi connectivity index (χ3v) is 2.22. The van der Waals surface area contributed by atoms with Crippen molar-refractivity contribution in [3.05, 3.63) is 36.8 Å². The molecule has 0 atom stereocenters. The number of aromatic amines is 2. The number of rotatable bonds is 0. The minimum Gasteiger partial charge on any atom is -0.748 e. The molecule has 0 spiro atoms. The number of nitrogens with one attached hydrogen (secondary N) is 2.